The number of hydrogen-bond acceptors (Lipinski definition) is 5. The number of halogens is 1. The number of nitrogens with two attached hydrogens (primary N) is 1. The Kier molecular flexibility index (Phi) is 2.93. The number of anilines is 2. The molecule has 5 nitrogen and oxygen atoms in total. The molecule has 1 aliphatic heterocycles. The first-order chi connectivity index (χ1) is 7.18. The second-order valence-electron chi connectivity index (χ2n) is 3.42. The van der Waals surface area contributed by atoms with E-state index in [1.54, 1.807) is 0 Å². The summed E-state index contributed by atoms with van der Waals surface area (Å²) in [5.41, 5.74) is 6.44. The van der Waals surface area contributed by atoms with E-state index in [1.807, 2.05) is 6.92 Å². The van der Waals surface area contributed by atoms with E-state index in [0.29, 0.717) is 18.4 Å². The van der Waals surface area contributed by atoms with E-state index in [-0.39, 0.29) is 5.95 Å². The van der Waals surface area contributed by atoms with Gasteiger partial charge in [-0.2, -0.15) is 4.98 Å². The molecule has 0 unspecified atom stereocenters. The molecule has 2 rings (SSSR count). The lowest BCUT2D eigenvalue weighted by molar-refractivity contribution is 0.122. The maximum atomic E-state index is 5.95. The lowest BCUT2D eigenvalue weighted by atomic mass is 10.3. The van der Waals surface area contributed by atoms with Gasteiger partial charge in [-0.1, -0.05) is 11.6 Å². The number of hydrogen-bond donors (Lipinski definition) is 1. The molecule has 0 aromatic carbocycles. The fourth-order valence-corrected chi connectivity index (χ4v) is 1.75. The molecule has 2 N–H and O–H groups in total. The molecule has 0 amide bonds. The van der Waals surface area contributed by atoms with Gasteiger partial charge < -0.3 is 15.4 Å². The zero-order valence-electron chi connectivity index (χ0n) is 8.53. The number of ether oxygens (including phenoxy) is 1. The monoisotopic (exact) mass is 228 g/mol. The average Bonchev–Trinajstić information content (AvgIpc) is 2.24. The maximum Gasteiger partial charge on any atom is 0.223 e. The second kappa shape index (κ2) is 4.20. The first-order valence-electron chi connectivity index (χ1n) is 4.81. The molecule has 2 heterocycles. The van der Waals surface area contributed by atoms with Gasteiger partial charge in [0.15, 0.2) is 0 Å². The van der Waals surface area contributed by atoms with Crippen molar-refractivity contribution in [1.82, 2.24) is 9.97 Å². The number of nitrogens with zero attached hydrogens (tertiary/aromatic N) is 3. The minimum absolute atomic E-state index is 0.215. The summed E-state index contributed by atoms with van der Waals surface area (Å²) >= 11 is 5.95. The minimum Gasteiger partial charge on any atom is -0.378 e. The summed E-state index contributed by atoms with van der Waals surface area (Å²) in [5, 5.41) is 0.420. The number of rotatable bonds is 1. The van der Waals surface area contributed by atoms with Crippen molar-refractivity contribution in [3.05, 3.63) is 10.7 Å². The highest BCUT2D eigenvalue weighted by atomic mass is 35.5. The zero-order chi connectivity index (χ0) is 10.8. The Balaban J connectivity index is 2.33. The van der Waals surface area contributed by atoms with Crippen LogP contribution in [0.25, 0.3) is 0 Å². The molecule has 0 bridgehead atoms. The standard InChI is InChI=1S/C9H13ClN4O/c1-6-7(10)12-9(11)13-8(6)14-2-4-15-5-3-14/h2-5H2,1H3,(H2,11,12,13). The molecule has 82 valence electrons. The van der Waals surface area contributed by atoms with Crippen molar-refractivity contribution in [1.29, 1.82) is 0 Å². The molecule has 1 aliphatic rings. The summed E-state index contributed by atoms with van der Waals surface area (Å²) < 4.78 is 5.27. The van der Waals surface area contributed by atoms with Gasteiger partial charge in [0.2, 0.25) is 5.95 Å². The summed E-state index contributed by atoms with van der Waals surface area (Å²) in [5.74, 6) is 1.03. The van der Waals surface area contributed by atoms with Gasteiger partial charge in [0.05, 0.1) is 13.2 Å². The van der Waals surface area contributed by atoms with Crippen LogP contribution in [-0.2, 0) is 4.74 Å². The van der Waals surface area contributed by atoms with Crippen LogP contribution in [0.1, 0.15) is 5.56 Å². The van der Waals surface area contributed by atoms with Crippen molar-refractivity contribution in [3.8, 4) is 0 Å². The van der Waals surface area contributed by atoms with Gasteiger partial charge >= 0.3 is 0 Å². The summed E-state index contributed by atoms with van der Waals surface area (Å²) in [6, 6.07) is 0. The smallest absolute Gasteiger partial charge is 0.223 e. The number of aromatic nitrogens is 2. The van der Waals surface area contributed by atoms with Crippen LogP contribution < -0.4 is 10.6 Å². The lowest BCUT2D eigenvalue weighted by Gasteiger charge is -2.29. The van der Waals surface area contributed by atoms with Crippen LogP contribution in [0.5, 0.6) is 0 Å². The summed E-state index contributed by atoms with van der Waals surface area (Å²) in [4.78, 5) is 10.2. The van der Waals surface area contributed by atoms with E-state index >= 15 is 0 Å². The molecule has 1 fully saturated rings. The van der Waals surface area contributed by atoms with Crippen LogP contribution in [0.2, 0.25) is 5.15 Å². The first-order valence-corrected chi connectivity index (χ1v) is 5.18. The van der Waals surface area contributed by atoms with E-state index in [2.05, 4.69) is 14.9 Å². The van der Waals surface area contributed by atoms with Crippen molar-refractivity contribution in [2.24, 2.45) is 0 Å². The van der Waals surface area contributed by atoms with E-state index in [1.165, 1.54) is 0 Å². The fraction of sp³-hybridized carbons (Fsp3) is 0.556. The minimum atomic E-state index is 0.215. The van der Waals surface area contributed by atoms with Crippen LogP contribution in [0.3, 0.4) is 0 Å². The van der Waals surface area contributed by atoms with Crippen molar-refractivity contribution < 1.29 is 4.74 Å². The Morgan fingerprint density at radius 3 is 2.67 bits per heavy atom. The molecule has 1 saturated heterocycles. The Bertz CT molecular complexity index is 365. The van der Waals surface area contributed by atoms with Crippen molar-refractivity contribution in [3.63, 3.8) is 0 Å². The molecule has 0 saturated carbocycles. The molecular weight excluding hydrogens is 216 g/mol. The predicted octanol–water partition coefficient (Wildman–Crippen LogP) is 0.857. The van der Waals surface area contributed by atoms with Crippen molar-refractivity contribution in [2.75, 3.05) is 36.9 Å². The molecule has 0 aliphatic carbocycles. The normalized spacial score (nSPS) is 16.8. The van der Waals surface area contributed by atoms with Gasteiger partial charge in [-0.05, 0) is 6.92 Å². The predicted molar refractivity (Wildman–Crippen MR) is 59.2 cm³/mol. The molecule has 0 atom stereocenters. The van der Waals surface area contributed by atoms with Crippen LogP contribution in [-0.4, -0.2) is 36.3 Å². The molecular formula is C9H13ClN4O. The second-order valence-corrected chi connectivity index (χ2v) is 3.78. The van der Waals surface area contributed by atoms with E-state index in [9.17, 15) is 0 Å². The molecule has 15 heavy (non-hydrogen) atoms. The average molecular weight is 229 g/mol. The van der Waals surface area contributed by atoms with Crippen LogP contribution in [0.4, 0.5) is 11.8 Å². The van der Waals surface area contributed by atoms with E-state index < -0.39 is 0 Å². The fourth-order valence-electron chi connectivity index (χ4n) is 1.58. The zero-order valence-corrected chi connectivity index (χ0v) is 9.29. The van der Waals surface area contributed by atoms with E-state index in [0.717, 1.165) is 24.5 Å². The summed E-state index contributed by atoms with van der Waals surface area (Å²) in [7, 11) is 0. The van der Waals surface area contributed by atoms with Gasteiger partial charge in [0, 0.05) is 18.7 Å². The third kappa shape index (κ3) is 2.13. The van der Waals surface area contributed by atoms with Crippen LogP contribution >= 0.6 is 11.6 Å². The Morgan fingerprint density at radius 1 is 1.33 bits per heavy atom. The number of morpholine rings is 1. The Labute approximate surface area is 93.2 Å². The Hall–Kier alpha value is -1.07. The highest BCUT2D eigenvalue weighted by Crippen LogP contribution is 2.24. The molecule has 1 aromatic heterocycles. The molecule has 0 spiro atoms. The molecule has 0 radical (unpaired) electrons. The van der Waals surface area contributed by atoms with Crippen molar-refractivity contribution in [2.45, 2.75) is 6.92 Å². The van der Waals surface area contributed by atoms with E-state index in [4.69, 9.17) is 22.1 Å². The molecule has 1 aromatic rings. The third-order valence-corrected chi connectivity index (χ3v) is 2.76. The SMILES string of the molecule is Cc1c(Cl)nc(N)nc1N1CCOCC1. The topological polar surface area (TPSA) is 64.3 Å². The largest absolute Gasteiger partial charge is 0.378 e. The van der Waals surface area contributed by atoms with Gasteiger partial charge in [-0.15, -0.1) is 0 Å². The Morgan fingerprint density at radius 2 is 2.00 bits per heavy atom. The summed E-state index contributed by atoms with van der Waals surface area (Å²) in [6.07, 6.45) is 0. The number of nitrogen functional groups attached to an aromatic ring is 1. The van der Waals surface area contributed by atoms with Crippen LogP contribution in [0.15, 0.2) is 0 Å². The van der Waals surface area contributed by atoms with Gasteiger partial charge in [-0.3, -0.25) is 0 Å². The van der Waals surface area contributed by atoms with Crippen LogP contribution in [0, 0.1) is 6.92 Å². The lowest BCUT2D eigenvalue weighted by Crippen LogP contribution is -2.37. The quantitative estimate of drug-likeness (QED) is 0.723. The highest BCUT2D eigenvalue weighted by molar-refractivity contribution is 6.30. The van der Waals surface area contributed by atoms with Gasteiger partial charge in [0.25, 0.3) is 0 Å². The maximum absolute atomic E-state index is 5.95. The third-order valence-electron chi connectivity index (χ3n) is 2.39. The molecule has 6 heteroatoms. The van der Waals surface area contributed by atoms with Gasteiger partial charge in [-0.25, -0.2) is 4.98 Å². The highest BCUT2D eigenvalue weighted by Gasteiger charge is 2.17. The van der Waals surface area contributed by atoms with Crippen molar-refractivity contribution >= 4 is 23.4 Å². The first kappa shape index (κ1) is 10.4. The summed E-state index contributed by atoms with van der Waals surface area (Å²) in [6.45, 7) is 4.94. The van der Waals surface area contributed by atoms with Gasteiger partial charge in [0.1, 0.15) is 11.0 Å².